The first-order valence-corrected chi connectivity index (χ1v) is 9.53. The van der Waals surface area contributed by atoms with Crippen molar-refractivity contribution in [1.29, 1.82) is 0 Å². The predicted molar refractivity (Wildman–Crippen MR) is 103 cm³/mol. The van der Waals surface area contributed by atoms with E-state index >= 15 is 0 Å². The van der Waals surface area contributed by atoms with Gasteiger partial charge in [0.15, 0.2) is 12.2 Å². The molecule has 0 bridgehead atoms. The molecule has 28 heavy (non-hydrogen) atoms. The lowest BCUT2D eigenvalue weighted by Gasteiger charge is -2.43. The van der Waals surface area contributed by atoms with Crippen LogP contribution in [0.5, 0.6) is 0 Å². The van der Waals surface area contributed by atoms with Crippen molar-refractivity contribution in [2.75, 3.05) is 31.6 Å². The Bertz CT molecular complexity index is 979. The average Bonchev–Trinajstić information content (AvgIpc) is 3.22. The standard InChI is InChI=1S/C20H21N5O3/c26-20(14-6-16(7-14)25-1-3-27-4-2-25)24-19-8-13-5-15(18-11-21-12-28-18)9-22-17(13)10-23-19/h5,8-12,14,16H,1-4,6-7H2,(H,23,24,26)/t14-,16-. The molecule has 0 spiro atoms. The highest BCUT2D eigenvalue weighted by Crippen LogP contribution is 2.33. The van der Waals surface area contributed by atoms with Crippen LogP contribution in [0.3, 0.4) is 0 Å². The zero-order valence-electron chi connectivity index (χ0n) is 15.4. The fourth-order valence-corrected chi connectivity index (χ4v) is 3.86. The molecule has 1 saturated carbocycles. The molecule has 1 N–H and O–H groups in total. The number of morpholine rings is 1. The van der Waals surface area contributed by atoms with Crippen LogP contribution in [0.2, 0.25) is 0 Å². The number of pyridine rings is 2. The van der Waals surface area contributed by atoms with E-state index in [-0.39, 0.29) is 11.8 Å². The Kier molecular flexibility index (Phi) is 4.50. The van der Waals surface area contributed by atoms with E-state index in [2.05, 4.69) is 25.2 Å². The van der Waals surface area contributed by atoms with Gasteiger partial charge in [-0.1, -0.05) is 0 Å². The molecule has 5 rings (SSSR count). The molecule has 8 nitrogen and oxygen atoms in total. The summed E-state index contributed by atoms with van der Waals surface area (Å²) in [4.78, 5) is 27.7. The van der Waals surface area contributed by atoms with Crippen LogP contribution in [-0.2, 0) is 9.53 Å². The SMILES string of the molecule is O=C(Nc1cc2cc(-c3cnco3)cnc2cn1)[C@H]1C[C@H](N2CCOCC2)C1. The number of ether oxygens (including phenoxy) is 1. The Labute approximate surface area is 161 Å². The number of nitrogens with one attached hydrogen (secondary N) is 1. The van der Waals surface area contributed by atoms with Crippen LogP contribution < -0.4 is 5.32 Å². The Morgan fingerprint density at radius 3 is 2.75 bits per heavy atom. The minimum absolute atomic E-state index is 0.0377. The minimum Gasteiger partial charge on any atom is -0.443 e. The molecule has 1 aliphatic heterocycles. The van der Waals surface area contributed by atoms with Crippen molar-refractivity contribution in [3.63, 3.8) is 0 Å². The third-order valence-corrected chi connectivity index (χ3v) is 5.58. The number of hydrogen-bond acceptors (Lipinski definition) is 7. The largest absolute Gasteiger partial charge is 0.443 e. The number of carbonyl (C=O) groups excluding carboxylic acids is 1. The summed E-state index contributed by atoms with van der Waals surface area (Å²) in [5, 5.41) is 3.84. The zero-order valence-corrected chi connectivity index (χ0v) is 15.4. The van der Waals surface area contributed by atoms with Crippen LogP contribution in [0.25, 0.3) is 22.2 Å². The summed E-state index contributed by atoms with van der Waals surface area (Å²) in [5.41, 5.74) is 1.60. The van der Waals surface area contributed by atoms with Crippen molar-refractivity contribution in [1.82, 2.24) is 19.9 Å². The molecule has 3 aromatic heterocycles. The highest BCUT2D eigenvalue weighted by atomic mass is 16.5. The minimum atomic E-state index is 0.0377. The summed E-state index contributed by atoms with van der Waals surface area (Å²) in [7, 11) is 0. The van der Waals surface area contributed by atoms with Gasteiger partial charge in [-0.3, -0.25) is 14.7 Å². The van der Waals surface area contributed by atoms with E-state index in [0.717, 1.165) is 55.6 Å². The van der Waals surface area contributed by atoms with Crippen molar-refractivity contribution < 1.29 is 13.9 Å². The maximum atomic E-state index is 12.6. The van der Waals surface area contributed by atoms with Gasteiger partial charge in [-0.05, 0) is 25.0 Å². The molecule has 1 aliphatic carbocycles. The molecule has 4 heterocycles. The molecule has 0 aromatic carbocycles. The number of aromatic nitrogens is 3. The molecule has 0 unspecified atom stereocenters. The van der Waals surface area contributed by atoms with Crippen molar-refractivity contribution in [2.24, 2.45) is 5.92 Å². The smallest absolute Gasteiger partial charge is 0.228 e. The number of hydrogen-bond donors (Lipinski definition) is 1. The first kappa shape index (κ1) is 17.3. The molecule has 8 heteroatoms. The Morgan fingerprint density at radius 1 is 1.11 bits per heavy atom. The van der Waals surface area contributed by atoms with Gasteiger partial charge in [-0.2, -0.15) is 0 Å². The second-order valence-corrected chi connectivity index (χ2v) is 7.31. The lowest BCUT2D eigenvalue weighted by molar-refractivity contribution is -0.125. The van der Waals surface area contributed by atoms with E-state index < -0.39 is 0 Å². The van der Waals surface area contributed by atoms with Gasteiger partial charge >= 0.3 is 0 Å². The molecule has 144 valence electrons. The molecule has 2 aliphatic rings. The molecule has 3 aromatic rings. The number of amides is 1. The van der Waals surface area contributed by atoms with E-state index in [1.807, 2.05) is 12.1 Å². The summed E-state index contributed by atoms with van der Waals surface area (Å²) < 4.78 is 10.7. The van der Waals surface area contributed by atoms with Gasteiger partial charge in [-0.15, -0.1) is 0 Å². The average molecular weight is 379 g/mol. The summed E-state index contributed by atoms with van der Waals surface area (Å²) in [6, 6.07) is 4.30. The second-order valence-electron chi connectivity index (χ2n) is 7.31. The van der Waals surface area contributed by atoms with Crippen LogP contribution >= 0.6 is 0 Å². The first-order chi connectivity index (χ1) is 13.8. The highest BCUT2D eigenvalue weighted by Gasteiger charge is 2.38. The summed E-state index contributed by atoms with van der Waals surface area (Å²) in [5.74, 6) is 1.28. The van der Waals surface area contributed by atoms with Gasteiger partial charge in [0.1, 0.15) is 5.82 Å². The lowest BCUT2D eigenvalue weighted by Crippen LogP contribution is -2.52. The molecular weight excluding hydrogens is 358 g/mol. The Balaban J connectivity index is 1.25. The number of oxazole rings is 1. The zero-order chi connectivity index (χ0) is 18.9. The monoisotopic (exact) mass is 379 g/mol. The Morgan fingerprint density at radius 2 is 1.96 bits per heavy atom. The lowest BCUT2D eigenvalue weighted by atomic mass is 9.78. The van der Waals surface area contributed by atoms with Crippen LogP contribution in [0.15, 0.2) is 41.5 Å². The van der Waals surface area contributed by atoms with Gasteiger partial charge in [0.05, 0.1) is 31.1 Å². The van der Waals surface area contributed by atoms with Crippen molar-refractivity contribution in [3.05, 3.63) is 37.1 Å². The van der Waals surface area contributed by atoms with Crippen molar-refractivity contribution in [3.8, 4) is 11.3 Å². The van der Waals surface area contributed by atoms with Gasteiger partial charge in [-0.25, -0.2) is 9.97 Å². The molecular formula is C20H21N5O3. The topological polar surface area (TPSA) is 93.4 Å². The maximum Gasteiger partial charge on any atom is 0.228 e. The number of anilines is 1. The fraction of sp³-hybridized carbons (Fsp3) is 0.400. The van der Waals surface area contributed by atoms with Crippen LogP contribution in [-0.4, -0.2) is 58.1 Å². The number of carbonyl (C=O) groups is 1. The Hall–Kier alpha value is -2.84. The van der Waals surface area contributed by atoms with E-state index in [4.69, 9.17) is 9.15 Å². The molecule has 1 saturated heterocycles. The van der Waals surface area contributed by atoms with Crippen molar-refractivity contribution in [2.45, 2.75) is 18.9 Å². The number of nitrogens with zero attached hydrogens (tertiary/aromatic N) is 4. The van der Waals surface area contributed by atoms with E-state index in [1.165, 1.54) is 6.39 Å². The van der Waals surface area contributed by atoms with Gasteiger partial charge in [0.25, 0.3) is 0 Å². The molecule has 0 radical (unpaired) electrons. The van der Waals surface area contributed by atoms with Gasteiger partial charge < -0.3 is 14.5 Å². The number of fused-ring (bicyclic) bond motifs is 1. The molecule has 1 amide bonds. The predicted octanol–water partition coefficient (Wildman–Crippen LogP) is 2.33. The van der Waals surface area contributed by atoms with E-state index in [1.54, 1.807) is 18.6 Å². The second kappa shape index (κ2) is 7.29. The quantitative estimate of drug-likeness (QED) is 0.743. The maximum absolute atomic E-state index is 12.6. The van der Waals surface area contributed by atoms with Gasteiger partial charge in [0.2, 0.25) is 5.91 Å². The van der Waals surface area contributed by atoms with Crippen LogP contribution in [0.4, 0.5) is 5.82 Å². The highest BCUT2D eigenvalue weighted by molar-refractivity contribution is 5.94. The third kappa shape index (κ3) is 3.36. The van der Waals surface area contributed by atoms with Gasteiger partial charge in [0, 0.05) is 42.2 Å². The first-order valence-electron chi connectivity index (χ1n) is 9.53. The van der Waals surface area contributed by atoms with Crippen molar-refractivity contribution >= 4 is 22.6 Å². The summed E-state index contributed by atoms with van der Waals surface area (Å²) >= 11 is 0. The van der Waals surface area contributed by atoms with Crippen LogP contribution in [0, 0.1) is 5.92 Å². The fourth-order valence-electron chi connectivity index (χ4n) is 3.86. The number of rotatable bonds is 4. The summed E-state index contributed by atoms with van der Waals surface area (Å²) in [6.45, 7) is 3.51. The van der Waals surface area contributed by atoms with E-state index in [9.17, 15) is 4.79 Å². The normalized spacial score (nSPS) is 22.7. The van der Waals surface area contributed by atoms with Crippen LogP contribution in [0.1, 0.15) is 12.8 Å². The summed E-state index contributed by atoms with van der Waals surface area (Å²) in [6.07, 6.45) is 8.23. The van der Waals surface area contributed by atoms with E-state index in [0.29, 0.717) is 17.6 Å². The molecule has 2 fully saturated rings. The third-order valence-electron chi connectivity index (χ3n) is 5.58. The molecule has 0 atom stereocenters.